The molecule has 4 heteroatoms. The zero-order valence-electron chi connectivity index (χ0n) is 11.8. The van der Waals surface area contributed by atoms with Gasteiger partial charge in [0.1, 0.15) is 0 Å². The molecule has 0 spiro atoms. The van der Waals surface area contributed by atoms with E-state index in [1.54, 1.807) is 0 Å². The third kappa shape index (κ3) is 2.68. The quantitative estimate of drug-likeness (QED) is 0.896. The normalized spacial score (nSPS) is 16.3. The summed E-state index contributed by atoms with van der Waals surface area (Å²) in [6, 6.07) is 6.53. The van der Waals surface area contributed by atoms with Crippen molar-refractivity contribution in [2.75, 3.05) is 5.32 Å². The minimum Gasteiger partial charge on any atom is -0.353 e. The number of hydrogen-bond acceptors (Lipinski definition) is 2. The molecule has 0 unspecified atom stereocenters. The molecule has 0 bridgehead atoms. The number of nitrogens with one attached hydrogen (secondary N) is 1. The number of imidazole rings is 1. The number of aromatic nitrogens is 2. The Bertz CT molecular complexity index is 585. The largest absolute Gasteiger partial charge is 0.353 e. The van der Waals surface area contributed by atoms with E-state index < -0.39 is 0 Å². The molecule has 3 rings (SSSR count). The fourth-order valence-corrected chi connectivity index (χ4v) is 3.06. The smallest absolute Gasteiger partial charge is 0.207 e. The van der Waals surface area contributed by atoms with Crippen molar-refractivity contribution in [3.63, 3.8) is 0 Å². The summed E-state index contributed by atoms with van der Waals surface area (Å²) in [4.78, 5) is 4.47. The molecule has 3 nitrogen and oxygen atoms in total. The predicted octanol–water partition coefficient (Wildman–Crippen LogP) is 4.58. The van der Waals surface area contributed by atoms with E-state index in [1.807, 2.05) is 31.5 Å². The van der Waals surface area contributed by atoms with Gasteiger partial charge in [-0.25, -0.2) is 4.98 Å². The molecule has 1 aromatic heterocycles. The van der Waals surface area contributed by atoms with Crippen molar-refractivity contribution in [2.24, 2.45) is 0 Å². The van der Waals surface area contributed by atoms with E-state index in [-0.39, 0.29) is 0 Å². The van der Waals surface area contributed by atoms with Crippen LogP contribution in [0.4, 0.5) is 5.95 Å². The van der Waals surface area contributed by atoms with Gasteiger partial charge in [0.25, 0.3) is 0 Å². The molecular weight excluding hydrogens is 270 g/mol. The van der Waals surface area contributed by atoms with Gasteiger partial charge in [-0.1, -0.05) is 36.9 Å². The Kier molecular flexibility index (Phi) is 3.97. The van der Waals surface area contributed by atoms with Gasteiger partial charge in [0, 0.05) is 23.5 Å². The fourth-order valence-electron chi connectivity index (χ4n) is 2.89. The highest BCUT2D eigenvalue weighted by Crippen LogP contribution is 2.26. The summed E-state index contributed by atoms with van der Waals surface area (Å²) < 4.78 is 2.09. The van der Waals surface area contributed by atoms with Crippen LogP contribution in [0, 0.1) is 6.92 Å². The Labute approximate surface area is 125 Å². The van der Waals surface area contributed by atoms with Gasteiger partial charge < -0.3 is 5.32 Å². The van der Waals surface area contributed by atoms with E-state index in [0.29, 0.717) is 6.04 Å². The highest BCUT2D eigenvalue weighted by Gasteiger charge is 2.16. The lowest BCUT2D eigenvalue weighted by Gasteiger charge is -2.24. The van der Waals surface area contributed by atoms with Gasteiger partial charge in [0.05, 0.1) is 5.69 Å². The van der Waals surface area contributed by atoms with Crippen LogP contribution in [0.5, 0.6) is 0 Å². The molecule has 0 radical (unpaired) electrons. The summed E-state index contributed by atoms with van der Waals surface area (Å²) in [6.45, 7) is 2.04. The van der Waals surface area contributed by atoms with Gasteiger partial charge >= 0.3 is 0 Å². The predicted molar refractivity (Wildman–Crippen MR) is 83.8 cm³/mol. The third-order valence-electron chi connectivity index (χ3n) is 4.08. The summed E-state index contributed by atoms with van der Waals surface area (Å²) >= 11 is 6.22. The molecular formula is C16H20ClN3. The molecule has 20 heavy (non-hydrogen) atoms. The number of anilines is 1. The number of nitrogens with zero attached hydrogens (tertiary/aromatic N) is 2. The summed E-state index contributed by atoms with van der Waals surface area (Å²) in [6.07, 6.45) is 10.3. The van der Waals surface area contributed by atoms with Crippen molar-refractivity contribution < 1.29 is 0 Å². The second-order valence-corrected chi connectivity index (χ2v) is 5.89. The standard InChI is InChI=1S/C16H20ClN3/c1-12-14(17)8-5-9-15(12)20-11-10-18-16(20)19-13-6-3-2-4-7-13/h5,8-11,13H,2-4,6-7H2,1H3,(H,18,19). The minimum absolute atomic E-state index is 0.546. The SMILES string of the molecule is Cc1c(Cl)cccc1-n1ccnc1NC1CCCCC1. The van der Waals surface area contributed by atoms with E-state index in [0.717, 1.165) is 22.2 Å². The Hall–Kier alpha value is -1.48. The van der Waals surface area contributed by atoms with Crippen LogP contribution in [-0.2, 0) is 0 Å². The molecule has 106 valence electrons. The van der Waals surface area contributed by atoms with Crippen molar-refractivity contribution >= 4 is 17.5 Å². The maximum atomic E-state index is 6.22. The van der Waals surface area contributed by atoms with Crippen molar-refractivity contribution in [2.45, 2.75) is 45.1 Å². The van der Waals surface area contributed by atoms with E-state index in [1.165, 1.54) is 32.1 Å². The first-order valence-electron chi connectivity index (χ1n) is 7.31. The fraction of sp³-hybridized carbons (Fsp3) is 0.438. The maximum absolute atomic E-state index is 6.22. The van der Waals surface area contributed by atoms with E-state index >= 15 is 0 Å². The topological polar surface area (TPSA) is 29.9 Å². The summed E-state index contributed by atoms with van der Waals surface area (Å²) in [5, 5.41) is 4.37. The first-order valence-corrected chi connectivity index (χ1v) is 7.69. The molecule has 0 saturated heterocycles. The zero-order valence-corrected chi connectivity index (χ0v) is 12.5. The molecule has 0 amide bonds. The Morgan fingerprint density at radius 1 is 1.25 bits per heavy atom. The van der Waals surface area contributed by atoms with Crippen molar-refractivity contribution in [3.05, 3.63) is 41.2 Å². The summed E-state index contributed by atoms with van der Waals surface area (Å²) in [5.41, 5.74) is 2.17. The van der Waals surface area contributed by atoms with Crippen LogP contribution in [0.1, 0.15) is 37.7 Å². The molecule has 1 aromatic carbocycles. The Morgan fingerprint density at radius 2 is 2.05 bits per heavy atom. The van der Waals surface area contributed by atoms with Gasteiger partial charge in [-0.2, -0.15) is 0 Å². The van der Waals surface area contributed by atoms with Crippen molar-refractivity contribution in [1.82, 2.24) is 9.55 Å². The monoisotopic (exact) mass is 289 g/mol. The Balaban J connectivity index is 1.87. The lowest BCUT2D eigenvalue weighted by atomic mass is 9.96. The number of benzene rings is 1. The molecule has 1 heterocycles. The van der Waals surface area contributed by atoms with Crippen LogP contribution >= 0.6 is 11.6 Å². The Morgan fingerprint density at radius 3 is 2.85 bits per heavy atom. The molecule has 1 aliphatic rings. The summed E-state index contributed by atoms with van der Waals surface area (Å²) in [7, 11) is 0. The van der Waals surface area contributed by atoms with E-state index in [9.17, 15) is 0 Å². The third-order valence-corrected chi connectivity index (χ3v) is 4.49. The molecule has 1 N–H and O–H groups in total. The van der Waals surface area contributed by atoms with E-state index in [2.05, 4.69) is 20.9 Å². The second kappa shape index (κ2) is 5.88. The van der Waals surface area contributed by atoms with Crippen molar-refractivity contribution in [1.29, 1.82) is 0 Å². The molecule has 2 aromatic rings. The van der Waals surface area contributed by atoms with Gasteiger partial charge in [0.2, 0.25) is 5.95 Å². The first-order chi connectivity index (χ1) is 9.75. The van der Waals surface area contributed by atoms with Gasteiger partial charge in [0.15, 0.2) is 0 Å². The number of rotatable bonds is 3. The lowest BCUT2D eigenvalue weighted by Crippen LogP contribution is -2.24. The zero-order chi connectivity index (χ0) is 13.9. The highest BCUT2D eigenvalue weighted by molar-refractivity contribution is 6.31. The lowest BCUT2D eigenvalue weighted by molar-refractivity contribution is 0.460. The average Bonchev–Trinajstić information content (AvgIpc) is 2.91. The van der Waals surface area contributed by atoms with Crippen LogP contribution in [0.2, 0.25) is 5.02 Å². The number of halogens is 1. The van der Waals surface area contributed by atoms with Gasteiger partial charge in [-0.05, 0) is 37.5 Å². The van der Waals surface area contributed by atoms with E-state index in [4.69, 9.17) is 11.6 Å². The van der Waals surface area contributed by atoms with Gasteiger partial charge in [-0.3, -0.25) is 4.57 Å². The van der Waals surface area contributed by atoms with Crippen LogP contribution in [-0.4, -0.2) is 15.6 Å². The first kappa shape index (κ1) is 13.5. The molecule has 1 saturated carbocycles. The van der Waals surface area contributed by atoms with Crippen LogP contribution in [0.3, 0.4) is 0 Å². The van der Waals surface area contributed by atoms with Crippen LogP contribution in [0.25, 0.3) is 5.69 Å². The summed E-state index contributed by atoms with van der Waals surface area (Å²) in [5.74, 6) is 0.919. The average molecular weight is 290 g/mol. The highest BCUT2D eigenvalue weighted by atomic mass is 35.5. The van der Waals surface area contributed by atoms with Crippen molar-refractivity contribution in [3.8, 4) is 5.69 Å². The molecule has 1 aliphatic carbocycles. The van der Waals surface area contributed by atoms with Gasteiger partial charge in [-0.15, -0.1) is 0 Å². The second-order valence-electron chi connectivity index (χ2n) is 5.48. The molecule has 0 aliphatic heterocycles. The van der Waals surface area contributed by atoms with Crippen LogP contribution < -0.4 is 5.32 Å². The maximum Gasteiger partial charge on any atom is 0.207 e. The molecule has 0 atom stereocenters. The molecule has 1 fully saturated rings. The minimum atomic E-state index is 0.546. The van der Waals surface area contributed by atoms with Crippen LogP contribution in [0.15, 0.2) is 30.6 Å². The number of hydrogen-bond donors (Lipinski definition) is 1.